The third-order valence-corrected chi connectivity index (χ3v) is 3.04. The van der Waals surface area contributed by atoms with Crippen LogP contribution in [0.1, 0.15) is 23.7 Å². The van der Waals surface area contributed by atoms with Crippen LogP contribution < -0.4 is 10.6 Å². The molecule has 1 aromatic rings. The molecule has 1 atom stereocenters. The highest BCUT2D eigenvalue weighted by atomic mass is 16.5. The number of para-hydroxylation sites is 1. The number of carbonyl (C=O) groups is 2. The number of aromatic carboxylic acids is 1. The van der Waals surface area contributed by atoms with Crippen LogP contribution in [0.3, 0.4) is 0 Å². The first kappa shape index (κ1) is 13.4. The fraction of sp³-hybridized carbons (Fsp3) is 0.385. The Balaban J connectivity index is 2.05. The lowest BCUT2D eigenvalue weighted by Gasteiger charge is -2.23. The van der Waals surface area contributed by atoms with Gasteiger partial charge in [-0.2, -0.15) is 0 Å². The van der Waals surface area contributed by atoms with Crippen molar-refractivity contribution in [2.45, 2.75) is 18.9 Å². The number of urea groups is 1. The van der Waals surface area contributed by atoms with Crippen LogP contribution in [0, 0.1) is 0 Å². The molecule has 1 saturated heterocycles. The first-order valence-corrected chi connectivity index (χ1v) is 5.99. The molecule has 2 amide bonds. The van der Waals surface area contributed by atoms with Crippen LogP contribution in [0.5, 0.6) is 0 Å². The molecule has 0 aromatic heterocycles. The molecule has 6 heteroatoms. The summed E-state index contributed by atoms with van der Waals surface area (Å²) >= 11 is 0. The number of benzene rings is 1. The molecule has 0 saturated carbocycles. The minimum atomic E-state index is -1.08. The zero-order valence-electron chi connectivity index (χ0n) is 10.6. The average Bonchev–Trinajstić information content (AvgIpc) is 2.75. The number of amides is 2. The molecule has 2 rings (SSSR count). The van der Waals surface area contributed by atoms with Crippen LogP contribution in [0.15, 0.2) is 24.3 Å². The molecule has 19 heavy (non-hydrogen) atoms. The Kier molecular flexibility index (Phi) is 3.71. The van der Waals surface area contributed by atoms with Crippen LogP contribution >= 0.6 is 0 Å². The summed E-state index contributed by atoms with van der Waals surface area (Å²) in [4.78, 5) is 22.9. The van der Waals surface area contributed by atoms with Crippen molar-refractivity contribution in [3.8, 4) is 0 Å². The summed E-state index contributed by atoms with van der Waals surface area (Å²) in [6, 6.07) is 5.84. The van der Waals surface area contributed by atoms with E-state index in [-0.39, 0.29) is 11.3 Å². The lowest BCUT2D eigenvalue weighted by molar-refractivity contribution is 0.0698. The first-order valence-electron chi connectivity index (χ1n) is 5.99. The second kappa shape index (κ2) is 5.27. The largest absolute Gasteiger partial charge is 0.478 e. The molecule has 1 aliphatic rings. The monoisotopic (exact) mass is 264 g/mol. The Labute approximate surface area is 110 Å². The molecule has 0 aliphatic carbocycles. The number of hydrogen-bond acceptors (Lipinski definition) is 3. The summed E-state index contributed by atoms with van der Waals surface area (Å²) in [6.45, 7) is 2.96. The normalized spacial score (nSPS) is 21.9. The molecular formula is C13H16N2O4. The molecule has 1 aromatic carbocycles. The van der Waals surface area contributed by atoms with Crippen molar-refractivity contribution in [3.05, 3.63) is 29.8 Å². The summed E-state index contributed by atoms with van der Waals surface area (Å²) < 4.78 is 5.24. The SMILES string of the molecule is CC1(NC(=O)Nc2ccccc2C(=O)O)CCOC1. The fourth-order valence-electron chi connectivity index (χ4n) is 1.97. The Morgan fingerprint density at radius 2 is 2.11 bits per heavy atom. The molecular weight excluding hydrogens is 248 g/mol. The molecule has 1 fully saturated rings. The highest BCUT2D eigenvalue weighted by molar-refractivity contribution is 6.00. The van der Waals surface area contributed by atoms with Crippen LogP contribution in [0.2, 0.25) is 0 Å². The minimum Gasteiger partial charge on any atom is -0.478 e. The fourth-order valence-corrected chi connectivity index (χ4v) is 1.97. The Bertz CT molecular complexity index is 495. The van der Waals surface area contributed by atoms with Crippen molar-refractivity contribution in [1.82, 2.24) is 5.32 Å². The van der Waals surface area contributed by atoms with Crippen molar-refractivity contribution < 1.29 is 19.4 Å². The van der Waals surface area contributed by atoms with Crippen molar-refractivity contribution in [3.63, 3.8) is 0 Å². The molecule has 3 N–H and O–H groups in total. The molecule has 102 valence electrons. The molecule has 1 unspecified atom stereocenters. The second-order valence-electron chi connectivity index (χ2n) is 4.79. The third kappa shape index (κ3) is 3.23. The van der Waals surface area contributed by atoms with Gasteiger partial charge in [0.1, 0.15) is 0 Å². The molecule has 6 nitrogen and oxygen atoms in total. The zero-order valence-corrected chi connectivity index (χ0v) is 10.6. The van der Waals surface area contributed by atoms with E-state index in [1.165, 1.54) is 6.07 Å². The second-order valence-corrected chi connectivity index (χ2v) is 4.79. The predicted molar refractivity (Wildman–Crippen MR) is 69.4 cm³/mol. The van der Waals surface area contributed by atoms with E-state index in [0.29, 0.717) is 13.2 Å². The van der Waals surface area contributed by atoms with E-state index < -0.39 is 17.5 Å². The van der Waals surface area contributed by atoms with E-state index in [9.17, 15) is 9.59 Å². The number of hydrogen-bond donors (Lipinski definition) is 3. The van der Waals surface area contributed by atoms with Gasteiger partial charge in [0.25, 0.3) is 0 Å². The Hall–Kier alpha value is -2.08. The molecule has 1 heterocycles. The smallest absolute Gasteiger partial charge is 0.337 e. The summed E-state index contributed by atoms with van der Waals surface area (Å²) in [5.74, 6) is -1.08. The molecule has 0 bridgehead atoms. The predicted octanol–water partition coefficient (Wildman–Crippen LogP) is 1.69. The topological polar surface area (TPSA) is 87.7 Å². The van der Waals surface area contributed by atoms with Crippen molar-refractivity contribution in [2.24, 2.45) is 0 Å². The number of anilines is 1. The maximum Gasteiger partial charge on any atom is 0.337 e. The van der Waals surface area contributed by atoms with Gasteiger partial charge in [0.15, 0.2) is 0 Å². The zero-order chi connectivity index (χ0) is 13.9. The van der Waals surface area contributed by atoms with Gasteiger partial charge >= 0.3 is 12.0 Å². The van der Waals surface area contributed by atoms with Gasteiger partial charge in [-0.25, -0.2) is 9.59 Å². The van der Waals surface area contributed by atoms with Crippen molar-refractivity contribution in [2.75, 3.05) is 18.5 Å². The highest BCUT2D eigenvalue weighted by Crippen LogP contribution is 2.19. The summed E-state index contributed by atoms with van der Waals surface area (Å²) in [7, 11) is 0. The van der Waals surface area contributed by atoms with E-state index in [1.807, 2.05) is 6.92 Å². The van der Waals surface area contributed by atoms with E-state index in [0.717, 1.165) is 6.42 Å². The van der Waals surface area contributed by atoms with Gasteiger partial charge in [-0.1, -0.05) is 12.1 Å². The van der Waals surface area contributed by atoms with Gasteiger partial charge in [-0.05, 0) is 25.5 Å². The summed E-state index contributed by atoms with van der Waals surface area (Å²) in [6.07, 6.45) is 0.737. The van der Waals surface area contributed by atoms with Crippen LogP contribution in [0.4, 0.5) is 10.5 Å². The lowest BCUT2D eigenvalue weighted by atomic mass is 10.0. The first-order chi connectivity index (χ1) is 9.00. The van der Waals surface area contributed by atoms with Gasteiger partial charge in [0, 0.05) is 6.61 Å². The molecule has 0 spiro atoms. The average molecular weight is 264 g/mol. The summed E-state index contributed by atoms with van der Waals surface area (Å²) in [5, 5.41) is 14.4. The van der Waals surface area contributed by atoms with Crippen molar-refractivity contribution in [1.29, 1.82) is 0 Å². The summed E-state index contributed by atoms with van der Waals surface area (Å²) in [5.41, 5.74) is -0.0668. The molecule has 1 aliphatic heterocycles. The van der Waals surface area contributed by atoms with Gasteiger partial charge in [-0.15, -0.1) is 0 Å². The maximum atomic E-state index is 11.9. The van der Waals surface area contributed by atoms with Gasteiger partial charge < -0.3 is 20.5 Å². The maximum absolute atomic E-state index is 11.9. The number of carboxylic acids is 1. The van der Waals surface area contributed by atoms with Crippen LogP contribution in [-0.4, -0.2) is 35.9 Å². The number of carbonyl (C=O) groups excluding carboxylic acids is 1. The Morgan fingerprint density at radius 3 is 2.74 bits per heavy atom. The van der Waals surface area contributed by atoms with Gasteiger partial charge in [-0.3, -0.25) is 0 Å². The molecule has 0 radical (unpaired) electrons. The lowest BCUT2D eigenvalue weighted by Crippen LogP contribution is -2.48. The van der Waals surface area contributed by atoms with E-state index >= 15 is 0 Å². The van der Waals surface area contributed by atoms with E-state index in [4.69, 9.17) is 9.84 Å². The van der Waals surface area contributed by atoms with E-state index in [1.54, 1.807) is 18.2 Å². The quantitative estimate of drug-likeness (QED) is 0.775. The van der Waals surface area contributed by atoms with Gasteiger partial charge in [0.05, 0.1) is 23.4 Å². The van der Waals surface area contributed by atoms with E-state index in [2.05, 4.69) is 10.6 Å². The number of carboxylic acid groups (broad SMARTS) is 1. The highest BCUT2D eigenvalue weighted by Gasteiger charge is 2.31. The minimum absolute atomic E-state index is 0.0606. The third-order valence-electron chi connectivity index (χ3n) is 3.04. The number of rotatable bonds is 3. The van der Waals surface area contributed by atoms with Crippen LogP contribution in [-0.2, 0) is 4.74 Å². The van der Waals surface area contributed by atoms with Crippen LogP contribution in [0.25, 0.3) is 0 Å². The Morgan fingerprint density at radius 1 is 1.37 bits per heavy atom. The standard InChI is InChI=1S/C13H16N2O4/c1-13(6-7-19-8-13)15-12(18)14-10-5-3-2-4-9(10)11(16)17/h2-5H,6-8H2,1H3,(H,16,17)(H2,14,15,18). The van der Waals surface area contributed by atoms with Crippen molar-refractivity contribution >= 4 is 17.7 Å². The number of nitrogens with one attached hydrogen (secondary N) is 2. The van der Waals surface area contributed by atoms with Gasteiger partial charge in [0.2, 0.25) is 0 Å². The number of ether oxygens (including phenoxy) is 1.